The standard InChI is InChI=1S/C21H21ClN4O3/c1-28-17-11-9-16(10-12-17)23-21(27)26-13-3-2-4-18(26)20-24-19(25-29-20)14-5-7-15(22)8-6-14/h5-12,18H,2-4,13H2,1H3,(H,23,27)/t18-/m1/s1. The Balaban J connectivity index is 1.51. The van der Waals surface area contributed by atoms with Crippen molar-refractivity contribution in [1.82, 2.24) is 15.0 Å². The molecule has 150 valence electrons. The minimum absolute atomic E-state index is 0.189. The zero-order chi connectivity index (χ0) is 20.2. The minimum atomic E-state index is -0.254. The van der Waals surface area contributed by atoms with Crippen LogP contribution in [0, 0.1) is 0 Å². The highest BCUT2D eigenvalue weighted by Gasteiger charge is 2.32. The molecule has 1 aliphatic heterocycles. The third-order valence-corrected chi connectivity index (χ3v) is 5.19. The van der Waals surface area contributed by atoms with Crippen molar-refractivity contribution in [3.05, 3.63) is 59.4 Å². The molecule has 7 nitrogen and oxygen atoms in total. The Morgan fingerprint density at radius 1 is 1.17 bits per heavy atom. The molecule has 2 amide bonds. The van der Waals surface area contributed by atoms with Crippen molar-refractivity contribution >= 4 is 23.3 Å². The minimum Gasteiger partial charge on any atom is -0.497 e. The number of methoxy groups -OCH3 is 1. The molecular formula is C21H21ClN4O3. The maximum atomic E-state index is 12.9. The lowest BCUT2D eigenvalue weighted by Gasteiger charge is -2.33. The van der Waals surface area contributed by atoms with Gasteiger partial charge in [-0.15, -0.1) is 0 Å². The second kappa shape index (κ2) is 8.53. The van der Waals surface area contributed by atoms with E-state index >= 15 is 0 Å². The van der Waals surface area contributed by atoms with Crippen LogP contribution in [0.5, 0.6) is 5.75 Å². The van der Waals surface area contributed by atoms with Gasteiger partial charge in [0, 0.05) is 22.8 Å². The fourth-order valence-corrected chi connectivity index (χ4v) is 3.51. The molecule has 1 saturated heterocycles. The van der Waals surface area contributed by atoms with E-state index in [2.05, 4.69) is 15.5 Å². The zero-order valence-electron chi connectivity index (χ0n) is 16.0. The highest BCUT2D eigenvalue weighted by atomic mass is 35.5. The lowest BCUT2D eigenvalue weighted by molar-refractivity contribution is 0.142. The number of aromatic nitrogens is 2. The van der Waals surface area contributed by atoms with Crippen molar-refractivity contribution < 1.29 is 14.1 Å². The summed E-state index contributed by atoms with van der Waals surface area (Å²) in [6.45, 7) is 0.630. The van der Waals surface area contributed by atoms with E-state index in [1.165, 1.54) is 0 Å². The normalized spacial score (nSPS) is 16.5. The van der Waals surface area contributed by atoms with Gasteiger partial charge in [0.15, 0.2) is 0 Å². The number of amides is 2. The summed E-state index contributed by atoms with van der Waals surface area (Å²) in [4.78, 5) is 19.2. The van der Waals surface area contributed by atoms with Crippen molar-refractivity contribution in [2.24, 2.45) is 0 Å². The van der Waals surface area contributed by atoms with Gasteiger partial charge in [-0.25, -0.2) is 4.79 Å². The molecule has 2 aromatic carbocycles. The van der Waals surface area contributed by atoms with E-state index < -0.39 is 0 Å². The molecule has 1 N–H and O–H groups in total. The lowest BCUT2D eigenvalue weighted by Crippen LogP contribution is -2.41. The van der Waals surface area contributed by atoms with Gasteiger partial charge in [0.2, 0.25) is 11.7 Å². The van der Waals surface area contributed by atoms with E-state index in [9.17, 15) is 4.79 Å². The molecule has 1 aliphatic rings. The van der Waals surface area contributed by atoms with Crippen LogP contribution in [0.25, 0.3) is 11.4 Å². The molecule has 0 radical (unpaired) electrons. The fourth-order valence-electron chi connectivity index (χ4n) is 3.39. The Kier molecular flexibility index (Phi) is 5.67. The summed E-state index contributed by atoms with van der Waals surface area (Å²) in [7, 11) is 1.61. The first-order valence-corrected chi connectivity index (χ1v) is 9.83. The Bertz CT molecular complexity index is 972. The molecule has 3 aromatic rings. The van der Waals surface area contributed by atoms with E-state index in [4.69, 9.17) is 20.9 Å². The average molecular weight is 413 g/mol. The molecule has 1 atom stereocenters. The highest BCUT2D eigenvalue weighted by Crippen LogP contribution is 2.32. The number of ether oxygens (including phenoxy) is 1. The number of benzene rings is 2. The number of hydrogen-bond donors (Lipinski definition) is 1. The first-order valence-electron chi connectivity index (χ1n) is 9.45. The van der Waals surface area contributed by atoms with Gasteiger partial charge in [-0.1, -0.05) is 16.8 Å². The number of carbonyl (C=O) groups excluding carboxylic acids is 1. The topological polar surface area (TPSA) is 80.5 Å². The summed E-state index contributed by atoms with van der Waals surface area (Å²) >= 11 is 5.94. The van der Waals surface area contributed by atoms with Crippen LogP contribution >= 0.6 is 11.6 Å². The first kappa shape index (κ1) is 19.3. The number of carbonyl (C=O) groups is 1. The Labute approximate surface area is 173 Å². The Morgan fingerprint density at radius 3 is 2.66 bits per heavy atom. The third-order valence-electron chi connectivity index (χ3n) is 4.93. The van der Waals surface area contributed by atoms with Crippen molar-refractivity contribution in [2.75, 3.05) is 19.0 Å². The third kappa shape index (κ3) is 4.35. The quantitative estimate of drug-likeness (QED) is 0.640. The number of rotatable bonds is 4. The monoisotopic (exact) mass is 412 g/mol. The number of halogens is 1. The summed E-state index contributed by atoms with van der Waals surface area (Å²) in [5, 5.41) is 7.67. The molecule has 0 bridgehead atoms. The van der Waals surface area contributed by atoms with Crippen LogP contribution in [-0.4, -0.2) is 34.7 Å². The smallest absolute Gasteiger partial charge is 0.322 e. The molecule has 0 aliphatic carbocycles. The van der Waals surface area contributed by atoms with Crippen LogP contribution in [0.15, 0.2) is 53.1 Å². The van der Waals surface area contributed by atoms with Crippen molar-refractivity contribution in [3.63, 3.8) is 0 Å². The van der Waals surface area contributed by atoms with Crippen molar-refractivity contribution in [3.8, 4) is 17.1 Å². The van der Waals surface area contributed by atoms with Gasteiger partial charge < -0.3 is 19.5 Å². The number of piperidine rings is 1. The second-order valence-corrected chi connectivity index (χ2v) is 7.26. The number of likely N-dealkylation sites (tertiary alicyclic amines) is 1. The SMILES string of the molecule is COc1ccc(NC(=O)N2CCCC[C@@H]2c2nc(-c3ccc(Cl)cc3)no2)cc1. The largest absolute Gasteiger partial charge is 0.497 e. The van der Waals surface area contributed by atoms with Gasteiger partial charge >= 0.3 is 6.03 Å². The number of anilines is 1. The molecule has 1 fully saturated rings. The van der Waals surface area contributed by atoms with Crippen molar-refractivity contribution in [1.29, 1.82) is 0 Å². The molecule has 0 spiro atoms. The molecule has 0 saturated carbocycles. The van der Waals surface area contributed by atoms with E-state index in [0.717, 1.165) is 30.6 Å². The summed E-state index contributed by atoms with van der Waals surface area (Å²) in [5.74, 6) is 1.66. The summed E-state index contributed by atoms with van der Waals surface area (Å²) in [6.07, 6.45) is 2.71. The maximum absolute atomic E-state index is 12.9. The first-order chi connectivity index (χ1) is 14.1. The van der Waals surface area contributed by atoms with E-state index in [0.29, 0.717) is 29.0 Å². The van der Waals surface area contributed by atoms with E-state index in [-0.39, 0.29) is 12.1 Å². The van der Waals surface area contributed by atoms with Crippen LogP contribution in [0.3, 0.4) is 0 Å². The molecule has 8 heteroatoms. The molecular weight excluding hydrogens is 392 g/mol. The number of urea groups is 1. The van der Waals surface area contributed by atoms with Crippen LogP contribution in [0.1, 0.15) is 31.2 Å². The van der Waals surface area contributed by atoms with Gasteiger partial charge in [0.05, 0.1) is 7.11 Å². The highest BCUT2D eigenvalue weighted by molar-refractivity contribution is 6.30. The summed E-state index contributed by atoms with van der Waals surface area (Å²) < 4.78 is 10.7. The predicted octanol–water partition coefficient (Wildman–Crippen LogP) is 5.16. The second-order valence-electron chi connectivity index (χ2n) is 6.83. The molecule has 4 rings (SSSR count). The van der Waals surface area contributed by atoms with Crippen LogP contribution < -0.4 is 10.1 Å². The maximum Gasteiger partial charge on any atom is 0.322 e. The van der Waals surface area contributed by atoms with Gasteiger partial charge in [0.1, 0.15) is 11.8 Å². The average Bonchev–Trinajstić information content (AvgIpc) is 3.25. The van der Waals surface area contributed by atoms with Gasteiger partial charge in [-0.3, -0.25) is 0 Å². The number of nitrogens with one attached hydrogen (secondary N) is 1. The molecule has 0 unspecified atom stereocenters. The van der Waals surface area contributed by atoms with Crippen LogP contribution in [-0.2, 0) is 0 Å². The summed E-state index contributed by atoms with van der Waals surface area (Å²) in [5.41, 5.74) is 1.52. The predicted molar refractivity (Wildman–Crippen MR) is 110 cm³/mol. The Morgan fingerprint density at radius 2 is 1.93 bits per heavy atom. The zero-order valence-corrected chi connectivity index (χ0v) is 16.7. The summed E-state index contributed by atoms with van der Waals surface area (Å²) in [6, 6.07) is 14.0. The van der Waals surface area contributed by atoms with Crippen LogP contribution in [0.2, 0.25) is 5.02 Å². The van der Waals surface area contributed by atoms with E-state index in [1.807, 2.05) is 12.1 Å². The lowest BCUT2D eigenvalue weighted by atomic mass is 10.0. The van der Waals surface area contributed by atoms with Gasteiger partial charge in [-0.05, 0) is 67.8 Å². The molecule has 2 heterocycles. The molecule has 29 heavy (non-hydrogen) atoms. The van der Waals surface area contributed by atoms with Gasteiger partial charge in [-0.2, -0.15) is 4.98 Å². The Hall–Kier alpha value is -3.06. The fraction of sp³-hybridized carbons (Fsp3) is 0.286. The van der Waals surface area contributed by atoms with Crippen LogP contribution in [0.4, 0.5) is 10.5 Å². The van der Waals surface area contributed by atoms with E-state index in [1.54, 1.807) is 48.4 Å². The molecule has 1 aromatic heterocycles. The van der Waals surface area contributed by atoms with Gasteiger partial charge in [0.25, 0.3) is 0 Å². The number of hydrogen-bond acceptors (Lipinski definition) is 5. The van der Waals surface area contributed by atoms with Crippen molar-refractivity contribution in [2.45, 2.75) is 25.3 Å². The number of nitrogens with zero attached hydrogens (tertiary/aromatic N) is 3.